The largest absolute Gasteiger partial charge is 0.355 e. The van der Waals surface area contributed by atoms with Gasteiger partial charge in [0.1, 0.15) is 0 Å². The van der Waals surface area contributed by atoms with Crippen molar-refractivity contribution in [2.75, 3.05) is 6.54 Å². The fraction of sp³-hybridized carbons (Fsp3) is 0.933. The zero-order valence-corrected chi connectivity index (χ0v) is 11.9. The van der Waals surface area contributed by atoms with Gasteiger partial charge >= 0.3 is 0 Å². The molecule has 0 spiro atoms. The van der Waals surface area contributed by atoms with Gasteiger partial charge in [0.05, 0.1) is 6.04 Å². The quantitative estimate of drug-likeness (QED) is 0.810. The van der Waals surface area contributed by atoms with Crippen LogP contribution in [0.4, 0.5) is 0 Å². The SMILES string of the molecule is CC(C)C1CCC(NC2CCCCNC2=O)CC1. The summed E-state index contributed by atoms with van der Waals surface area (Å²) < 4.78 is 0. The van der Waals surface area contributed by atoms with E-state index >= 15 is 0 Å². The monoisotopic (exact) mass is 252 g/mol. The van der Waals surface area contributed by atoms with Crippen LogP contribution in [-0.2, 0) is 4.79 Å². The molecule has 1 atom stereocenters. The normalized spacial score (nSPS) is 34.2. The van der Waals surface area contributed by atoms with Crippen LogP contribution < -0.4 is 10.6 Å². The van der Waals surface area contributed by atoms with Crippen molar-refractivity contribution in [3.8, 4) is 0 Å². The molecule has 1 heterocycles. The molecule has 0 radical (unpaired) electrons. The number of hydrogen-bond acceptors (Lipinski definition) is 2. The standard InChI is InChI=1S/C15H28N2O/c1-11(2)12-6-8-13(9-7-12)17-14-5-3-4-10-16-15(14)18/h11-14,17H,3-10H2,1-2H3,(H,16,18). The lowest BCUT2D eigenvalue weighted by Gasteiger charge is -2.33. The number of carbonyl (C=O) groups excluding carboxylic acids is 1. The van der Waals surface area contributed by atoms with Crippen LogP contribution in [0.3, 0.4) is 0 Å². The Labute approximate surface area is 111 Å². The van der Waals surface area contributed by atoms with Gasteiger partial charge in [-0.15, -0.1) is 0 Å². The molecule has 3 nitrogen and oxygen atoms in total. The first-order chi connectivity index (χ1) is 8.66. The van der Waals surface area contributed by atoms with E-state index in [2.05, 4.69) is 24.5 Å². The fourth-order valence-electron chi connectivity index (χ4n) is 3.34. The van der Waals surface area contributed by atoms with Gasteiger partial charge in [0.15, 0.2) is 0 Å². The van der Waals surface area contributed by atoms with E-state index in [0.29, 0.717) is 6.04 Å². The molecule has 2 N–H and O–H groups in total. The van der Waals surface area contributed by atoms with E-state index < -0.39 is 0 Å². The van der Waals surface area contributed by atoms with Crippen LogP contribution in [0.5, 0.6) is 0 Å². The third-order valence-electron chi connectivity index (χ3n) is 4.69. The molecule has 1 unspecified atom stereocenters. The average Bonchev–Trinajstić information content (AvgIpc) is 2.56. The van der Waals surface area contributed by atoms with Crippen LogP contribution >= 0.6 is 0 Å². The van der Waals surface area contributed by atoms with Crippen LogP contribution in [0.1, 0.15) is 58.8 Å². The van der Waals surface area contributed by atoms with Crippen molar-refractivity contribution in [1.29, 1.82) is 0 Å². The molecule has 3 heteroatoms. The molecule has 1 amide bonds. The van der Waals surface area contributed by atoms with Crippen molar-refractivity contribution in [1.82, 2.24) is 10.6 Å². The van der Waals surface area contributed by atoms with E-state index in [1.165, 1.54) is 25.7 Å². The summed E-state index contributed by atoms with van der Waals surface area (Å²) in [4.78, 5) is 11.9. The van der Waals surface area contributed by atoms with Crippen molar-refractivity contribution < 1.29 is 4.79 Å². The van der Waals surface area contributed by atoms with Crippen LogP contribution in [0.2, 0.25) is 0 Å². The van der Waals surface area contributed by atoms with Crippen molar-refractivity contribution in [2.24, 2.45) is 11.8 Å². The molecule has 2 fully saturated rings. The minimum absolute atomic E-state index is 0.0631. The number of hydrogen-bond donors (Lipinski definition) is 2. The van der Waals surface area contributed by atoms with Crippen LogP contribution in [0.25, 0.3) is 0 Å². The Morgan fingerprint density at radius 1 is 1.11 bits per heavy atom. The summed E-state index contributed by atoms with van der Waals surface area (Å²) in [6, 6.07) is 0.627. The molecule has 18 heavy (non-hydrogen) atoms. The Hall–Kier alpha value is -0.570. The van der Waals surface area contributed by atoms with E-state index in [1.807, 2.05) is 0 Å². The molecular weight excluding hydrogens is 224 g/mol. The maximum absolute atomic E-state index is 11.9. The van der Waals surface area contributed by atoms with Crippen LogP contribution in [0, 0.1) is 11.8 Å². The highest BCUT2D eigenvalue weighted by molar-refractivity contribution is 5.81. The number of amides is 1. The van der Waals surface area contributed by atoms with Crippen molar-refractivity contribution in [3.05, 3.63) is 0 Å². The zero-order valence-electron chi connectivity index (χ0n) is 11.9. The molecule has 0 aromatic rings. The second-order valence-electron chi connectivity index (χ2n) is 6.36. The van der Waals surface area contributed by atoms with Crippen molar-refractivity contribution >= 4 is 5.91 Å². The van der Waals surface area contributed by atoms with Gasteiger partial charge in [0.25, 0.3) is 0 Å². The highest BCUT2D eigenvalue weighted by atomic mass is 16.2. The molecule has 0 bridgehead atoms. The topological polar surface area (TPSA) is 41.1 Å². The average molecular weight is 252 g/mol. The minimum atomic E-state index is 0.0631. The Morgan fingerprint density at radius 2 is 1.83 bits per heavy atom. The second-order valence-corrected chi connectivity index (χ2v) is 6.36. The predicted molar refractivity (Wildman–Crippen MR) is 74.4 cm³/mol. The highest BCUT2D eigenvalue weighted by Crippen LogP contribution is 2.30. The van der Waals surface area contributed by atoms with Crippen LogP contribution in [-0.4, -0.2) is 24.5 Å². The van der Waals surface area contributed by atoms with Gasteiger partial charge in [0, 0.05) is 12.6 Å². The first-order valence-electron chi connectivity index (χ1n) is 7.70. The maximum Gasteiger partial charge on any atom is 0.237 e. The summed E-state index contributed by atoms with van der Waals surface area (Å²) in [5, 5.41) is 6.60. The van der Waals surface area contributed by atoms with Gasteiger partial charge in [0.2, 0.25) is 5.91 Å². The zero-order chi connectivity index (χ0) is 13.0. The van der Waals surface area contributed by atoms with E-state index in [1.54, 1.807) is 0 Å². The number of carbonyl (C=O) groups is 1. The molecule has 2 aliphatic rings. The molecule has 1 saturated carbocycles. The van der Waals surface area contributed by atoms with Gasteiger partial charge in [-0.3, -0.25) is 4.79 Å². The fourth-order valence-corrected chi connectivity index (χ4v) is 3.34. The van der Waals surface area contributed by atoms with Crippen molar-refractivity contribution in [2.45, 2.75) is 70.9 Å². The van der Waals surface area contributed by atoms with Gasteiger partial charge in [-0.05, 0) is 56.8 Å². The number of nitrogens with one attached hydrogen (secondary N) is 2. The molecule has 0 aromatic carbocycles. The lowest BCUT2D eigenvalue weighted by molar-refractivity contribution is -0.123. The van der Waals surface area contributed by atoms with E-state index in [-0.39, 0.29) is 11.9 Å². The van der Waals surface area contributed by atoms with Crippen LogP contribution in [0.15, 0.2) is 0 Å². The minimum Gasteiger partial charge on any atom is -0.355 e. The van der Waals surface area contributed by atoms with E-state index in [9.17, 15) is 4.79 Å². The Morgan fingerprint density at radius 3 is 2.50 bits per heavy atom. The molecule has 104 valence electrons. The van der Waals surface area contributed by atoms with E-state index in [0.717, 1.165) is 37.6 Å². The lowest BCUT2D eigenvalue weighted by Crippen LogP contribution is -2.48. The van der Waals surface area contributed by atoms with Gasteiger partial charge in [-0.2, -0.15) is 0 Å². The molecule has 2 rings (SSSR count). The Kier molecular flexibility index (Phi) is 5.04. The molecule has 0 aromatic heterocycles. The van der Waals surface area contributed by atoms with Crippen molar-refractivity contribution in [3.63, 3.8) is 0 Å². The predicted octanol–water partition coefficient (Wildman–Crippen LogP) is 2.46. The second kappa shape index (κ2) is 6.55. The summed E-state index contributed by atoms with van der Waals surface area (Å²) in [7, 11) is 0. The summed E-state index contributed by atoms with van der Waals surface area (Å²) >= 11 is 0. The summed E-state index contributed by atoms with van der Waals surface area (Å²) in [6.45, 7) is 5.52. The molecule has 1 aliphatic heterocycles. The molecule has 1 saturated heterocycles. The highest BCUT2D eigenvalue weighted by Gasteiger charge is 2.27. The van der Waals surface area contributed by atoms with Gasteiger partial charge < -0.3 is 10.6 Å². The molecular formula is C15H28N2O. The summed E-state index contributed by atoms with van der Waals surface area (Å²) in [6.07, 6.45) is 8.43. The first kappa shape index (κ1) is 13.9. The third-order valence-corrected chi connectivity index (χ3v) is 4.69. The maximum atomic E-state index is 11.9. The Bertz CT molecular complexity index is 270. The lowest BCUT2D eigenvalue weighted by atomic mass is 9.79. The van der Waals surface area contributed by atoms with Gasteiger partial charge in [-0.1, -0.05) is 13.8 Å². The molecule has 1 aliphatic carbocycles. The first-order valence-corrected chi connectivity index (χ1v) is 7.70. The smallest absolute Gasteiger partial charge is 0.237 e. The van der Waals surface area contributed by atoms with Gasteiger partial charge in [-0.25, -0.2) is 0 Å². The third kappa shape index (κ3) is 3.71. The van der Waals surface area contributed by atoms with E-state index in [4.69, 9.17) is 0 Å². The summed E-state index contributed by atoms with van der Waals surface area (Å²) in [5.74, 6) is 1.93. The Balaban J connectivity index is 1.78. The summed E-state index contributed by atoms with van der Waals surface area (Å²) in [5.41, 5.74) is 0. The number of rotatable bonds is 3.